The third-order valence-electron chi connectivity index (χ3n) is 3.27. The Morgan fingerprint density at radius 2 is 1.90 bits per heavy atom. The lowest BCUT2D eigenvalue weighted by atomic mass is 10.1. The molecule has 0 bridgehead atoms. The van der Waals surface area contributed by atoms with Gasteiger partial charge in [0.15, 0.2) is 0 Å². The summed E-state index contributed by atoms with van der Waals surface area (Å²) in [5, 5.41) is 3.43. The zero-order valence-corrected chi connectivity index (χ0v) is 11.6. The second-order valence-corrected chi connectivity index (χ2v) is 5.14. The largest absolute Gasteiger partial charge is 0.457 e. The van der Waals surface area contributed by atoms with Crippen LogP contribution in [0.25, 0.3) is 0 Å². The highest BCUT2D eigenvalue weighted by Crippen LogP contribution is 2.34. The highest BCUT2D eigenvalue weighted by atomic mass is 35.5. The molecule has 1 unspecified atom stereocenters. The Kier molecular flexibility index (Phi) is 3.12. The van der Waals surface area contributed by atoms with E-state index in [1.54, 1.807) is 30.3 Å². The van der Waals surface area contributed by atoms with Crippen LogP contribution in [0, 0.1) is 6.92 Å². The first-order valence-electron chi connectivity index (χ1n) is 6.19. The zero-order valence-electron chi connectivity index (χ0n) is 10.8. The van der Waals surface area contributed by atoms with Gasteiger partial charge in [-0.15, -0.1) is 0 Å². The van der Waals surface area contributed by atoms with E-state index in [4.69, 9.17) is 22.1 Å². The van der Waals surface area contributed by atoms with Crippen LogP contribution in [0.2, 0.25) is 5.02 Å². The van der Waals surface area contributed by atoms with Gasteiger partial charge in [-0.2, -0.15) is 0 Å². The van der Waals surface area contributed by atoms with E-state index < -0.39 is 6.04 Å². The van der Waals surface area contributed by atoms with E-state index in [9.17, 15) is 4.79 Å². The van der Waals surface area contributed by atoms with Gasteiger partial charge in [0.05, 0.1) is 0 Å². The van der Waals surface area contributed by atoms with Crippen molar-refractivity contribution in [3.8, 4) is 11.5 Å². The van der Waals surface area contributed by atoms with Crippen LogP contribution in [0.5, 0.6) is 11.5 Å². The van der Waals surface area contributed by atoms with E-state index >= 15 is 0 Å². The number of halogens is 1. The van der Waals surface area contributed by atoms with Crippen molar-refractivity contribution in [3.63, 3.8) is 0 Å². The minimum absolute atomic E-state index is 0.195. The lowest BCUT2D eigenvalue weighted by Gasteiger charge is -2.09. The van der Waals surface area contributed by atoms with Crippen LogP contribution in [-0.4, -0.2) is 5.91 Å². The molecule has 20 heavy (non-hydrogen) atoms. The van der Waals surface area contributed by atoms with Crippen molar-refractivity contribution in [2.24, 2.45) is 5.73 Å². The molecule has 3 rings (SSSR count). The van der Waals surface area contributed by atoms with Crippen molar-refractivity contribution in [3.05, 3.63) is 52.5 Å². The molecule has 0 radical (unpaired) electrons. The van der Waals surface area contributed by atoms with E-state index in [1.165, 1.54) is 0 Å². The number of hydrogen-bond acceptors (Lipinski definition) is 3. The van der Waals surface area contributed by atoms with Crippen molar-refractivity contribution in [1.29, 1.82) is 0 Å². The maximum absolute atomic E-state index is 11.5. The molecule has 1 aliphatic heterocycles. The van der Waals surface area contributed by atoms with E-state index in [2.05, 4.69) is 5.32 Å². The molecule has 0 saturated carbocycles. The van der Waals surface area contributed by atoms with Crippen molar-refractivity contribution < 1.29 is 9.53 Å². The maximum atomic E-state index is 11.5. The summed E-state index contributed by atoms with van der Waals surface area (Å²) < 4.78 is 5.76. The average molecular weight is 289 g/mol. The van der Waals surface area contributed by atoms with Crippen molar-refractivity contribution >= 4 is 23.2 Å². The molecule has 4 nitrogen and oxygen atoms in total. The predicted molar refractivity (Wildman–Crippen MR) is 78.3 cm³/mol. The van der Waals surface area contributed by atoms with Crippen LogP contribution < -0.4 is 15.8 Å². The lowest BCUT2D eigenvalue weighted by molar-refractivity contribution is -0.116. The van der Waals surface area contributed by atoms with Gasteiger partial charge < -0.3 is 15.8 Å². The van der Waals surface area contributed by atoms with Crippen molar-refractivity contribution in [2.45, 2.75) is 13.0 Å². The highest BCUT2D eigenvalue weighted by Gasteiger charge is 2.27. The van der Waals surface area contributed by atoms with E-state index in [0.717, 1.165) is 11.1 Å². The summed E-state index contributed by atoms with van der Waals surface area (Å²) in [4.78, 5) is 11.5. The molecule has 5 heteroatoms. The standard InChI is InChI=1S/C15H13ClN2O2/c1-8-6-9(3-5-12(8)16)20-10-2-4-11-13(7-10)18-15(19)14(11)17/h2-7,14H,17H2,1H3,(H,18,19). The minimum Gasteiger partial charge on any atom is -0.457 e. The summed E-state index contributed by atoms with van der Waals surface area (Å²) in [5.41, 5.74) is 8.19. The smallest absolute Gasteiger partial charge is 0.245 e. The topological polar surface area (TPSA) is 64.3 Å². The zero-order chi connectivity index (χ0) is 14.3. The Morgan fingerprint density at radius 1 is 1.20 bits per heavy atom. The molecule has 0 aliphatic carbocycles. The molecule has 2 aromatic carbocycles. The molecule has 0 fully saturated rings. The Bertz CT molecular complexity index is 700. The van der Waals surface area contributed by atoms with Gasteiger partial charge in [0.25, 0.3) is 0 Å². The summed E-state index contributed by atoms with van der Waals surface area (Å²) >= 11 is 5.98. The second-order valence-electron chi connectivity index (χ2n) is 4.73. The average Bonchev–Trinajstić information content (AvgIpc) is 2.69. The van der Waals surface area contributed by atoms with Gasteiger partial charge in [0, 0.05) is 22.3 Å². The molecular weight excluding hydrogens is 276 g/mol. The molecule has 1 heterocycles. The van der Waals surface area contributed by atoms with Gasteiger partial charge in [-0.25, -0.2) is 0 Å². The molecule has 0 spiro atoms. The molecule has 1 atom stereocenters. The van der Waals surface area contributed by atoms with Crippen LogP contribution in [0.1, 0.15) is 17.2 Å². The Labute approximate surface area is 121 Å². The molecule has 1 amide bonds. The monoisotopic (exact) mass is 288 g/mol. The molecule has 3 N–H and O–H groups in total. The molecular formula is C15H13ClN2O2. The Hall–Kier alpha value is -2.04. The van der Waals surface area contributed by atoms with Gasteiger partial charge in [-0.3, -0.25) is 4.79 Å². The first-order chi connectivity index (χ1) is 9.54. The summed E-state index contributed by atoms with van der Waals surface area (Å²) in [6.07, 6.45) is 0. The first-order valence-corrected chi connectivity index (χ1v) is 6.57. The molecule has 0 aromatic heterocycles. The van der Waals surface area contributed by atoms with Gasteiger partial charge in [0.2, 0.25) is 5.91 Å². The molecule has 0 saturated heterocycles. The molecule has 102 valence electrons. The number of nitrogens with two attached hydrogens (primary N) is 1. The number of amides is 1. The Morgan fingerprint density at radius 3 is 2.65 bits per heavy atom. The summed E-state index contributed by atoms with van der Waals surface area (Å²) in [6, 6.07) is 10.2. The fraction of sp³-hybridized carbons (Fsp3) is 0.133. The van der Waals surface area contributed by atoms with Crippen molar-refractivity contribution in [1.82, 2.24) is 0 Å². The molecule has 2 aromatic rings. The highest BCUT2D eigenvalue weighted by molar-refractivity contribution is 6.31. The third kappa shape index (κ3) is 2.24. The van der Waals surface area contributed by atoms with E-state index in [0.29, 0.717) is 22.2 Å². The second kappa shape index (κ2) is 4.81. The fourth-order valence-corrected chi connectivity index (χ4v) is 2.26. The van der Waals surface area contributed by atoms with Crippen LogP contribution in [0.3, 0.4) is 0 Å². The van der Waals surface area contributed by atoms with Gasteiger partial charge in [-0.05, 0) is 36.8 Å². The number of ether oxygens (including phenoxy) is 1. The van der Waals surface area contributed by atoms with E-state index in [1.807, 2.05) is 13.0 Å². The summed E-state index contributed by atoms with van der Waals surface area (Å²) in [5.74, 6) is 1.14. The molecule has 1 aliphatic rings. The maximum Gasteiger partial charge on any atom is 0.245 e. The third-order valence-corrected chi connectivity index (χ3v) is 3.69. The minimum atomic E-state index is -0.600. The quantitative estimate of drug-likeness (QED) is 0.890. The summed E-state index contributed by atoms with van der Waals surface area (Å²) in [7, 11) is 0. The van der Waals surface area contributed by atoms with Crippen LogP contribution >= 0.6 is 11.6 Å². The number of carbonyl (C=O) groups excluding carboxylic acids is 1. The number of anilines is 1. The SMILES string of the molecule is Cc1cc(Oc2ccc3c(c2)NC(=O)C3N)ccc1Cl. The predicted octanol–water partition coefficient (Wildman–Crippen LogP) is 3.39. The number of benzene rings is 2. The number of aryl methyl sites for hydroxylation is 1. The number of nitrogens with one attached hydrogen (secondary N) is 1. The first kappa shape index (κ1) is 13.0. The van der Waals surface area contributed by atoms with Crippen LogP contribution in [-0.2, 0) is 4.79 Å². The fourth-order valence-electron chi connectivity index (χ4n) is 2.15. The summed E-state index contributed by atoms with van der Waals surface area (Å²) in [6.45, 7) is 1.91. The normalized spacial score (nSPS) is 16.8. The Balaban J connectivity index is 1.87. The number of fused-ring (bicyclic) bond motifs is 1. The number of carbonyl (C=O) groups is 1. The van der Waals surface area contributed by atoms with Crippen LogP contribution in [0.15, 0.2) is 36.4 Å². The number of rotatable bonds is 2. The van der Waals surface area contributed by atoms with E-state index in [-0.39, 0.29) is 5.91 Å². The van der Waals surface area contributed by atoms with Gasteiger partial charge in [-0.1, -0.05) is 17.7 Å². The van der Waals surface area contributed by atoms with Gasteiger partial charge in [0.1, 0.15) is 17.5 Å². The van der Waals surface area contributed by atoms with Gasteiger partial charge >= 0.3 is 0 Å². The lowest BCUT2D eigenvalue weighted by Crippen LogP contribution is -2.19. The van der Waals surface area contributed by atoms with Crippen molar-refractivity contribution in [2.75, 3.05) is 5.32 Å². The number of hydrogen-bond donors (Lipinski definition) is 2. The van der Waals surface area contributed by atoms with Crippen LogP contribution in [0.4, 0.5) is 5.69 Å².